The minimum Gasteiger partial charge on any atom is -0.508 e. The molecule has 0 fully saturated rings. The predicted octanol–water partition coefficient (Wildman–Crippen LogP) is 5.50. The Morgan fingerprint density at radius 3 is 2.47 bits per heavy atom. The van der Waals surface area contributed by atoms with E-state index in [0.29, 0.717) is 23.4 Å². The van der Waals surface area contributed by atoms with Crippen LogP contribution >= 0.6 is 0 Å². The molecule has 1 aromatic heterocycles. The van der Waals surface area contributed by atoms with Crippen LogP contribution in [0.25, 0.3) is 23.1 Å². The molecule has 0 aliphatic heterocycles. The fourth-order valence-corrected chi connectivity index (χ4v) is 3.79. The van der Waals surface area contributed by atoms with Gasteiger partial charge in [0.05, 0.1) is 19.2 Å². The number of fused-ring (bicyclic) bond motifs is 1. The lowest BCUT2D eigenvalue weighted by Crippen LogP contribution is -2.23. The van der Waals surface area contributed by atoms with E-state index in [0.717, 1.165) is 22.5 Å². The zero-order valence-corrected chi connectivity index (χ0v) is 19.7. The predicted molar refractivity (Wildman–Crippen MR) is 142 cm³/mol. The molecule has 4 rings (SSSR count). The van der Waals surface area contributed by atoms with Crippen LogP contribution in [0.3, 0.4) is 0 Å². The fourth-order valence-electron chi connectivity index (χ4n) is 3.79. The highest BCUT2D eigenvalue weighted by atomic mass is 16.5. The molecule has 0 aliphatic carbocycles. The summed E-state index contributed by atoms with van der Waals surface area (Å²) in [7, 11) is 1.44. The van der Waals surface area contributed by atoms with E-state index in [4.69, 9.17) is 4.74 Å². The van der Waals surface area contributed by atoms with Crippen molar-refractivity contribution in [3.63, 3.8) is 0 Å². The zero-order valence-electron chi connectivity index (χ0n) is 19.7. The van der Waals surface area contributed by atoms with Gasteiger partial charge in [0.2, 0.25) is 0 Å². The Hall–Kier alpha value is -4.84. The number of phenolic OH excluding ortho intramolecular Hbond substituents is 1. The summed E-state index contributed by atoms with van der Waals surface area (Å²) in [5.74, 6) is -0.418. The van der Waals surface area contributed by atoms with Crippen molar-refractivity contribution >= 4 is 28.8 Å². The fraction of sp³-hybridized carbons (Fsp3) is 0.0667. The van der Waals surface area contributed by atoms with Gasteiger partial charge in [0, 0.05) is 11.6 Å². The lowest BCUT2D eigenvalue weighted by Gasteiger charge is -2.12. The summed E-state index contributed by atoms with van der Waals surface area (Å²) in [6, 6.07) is 23.8. The second-order valence-corrected chi connectivity index (χ2v) is 8.10. The Morgan fingerprint density at radius 2 is 1.69 bits per heavy atom. The number of ether oxygens (including phenoxy) is 1. The number of hydrogen-bond acceptors (Lipinski definition) is 5. The molecule has 0 unspecified atom stereocenters. The third-order valence-electron chi connectivity index (χ3n) is 5.58. The second-order valence-electron chi connectivity index (χ2n) is 8.10. The first kappa shape index (κ1) is 24.3. The van der Waals surface area contributed by atoms with Crippen LogP contribution in [-0.4, -0.2) is 27.7 Å². The number of carbonyl (C=O) groups is 1. The molecule has 1 heterocycles. The first-order chi connectivity index (χ1) is 17.4. The molecule has 0 saturated carbocycles. The number of pyridine rings is 1. The van der Waals surface area contributed by atoms with Crippen molar-refractivity contribution in [2.45, 2.75) is 6.54 Å². The maximum Gasteiger partial charge on any atom is 0.258 e. The van der Waals surface area contributed by atoms with Gasteiger partial charge in [-0.1, -0.05) is 60.7 Å². The Labute approximate surface area is 208 Å². The number of rotatable bonds is 8. The lowest BCUT2D eigenvalue weighted by molar-refractivity contribution is -0.110. The SMILES string of the molecule is COc1cc(/C=C/C(O)=C/C(=O)/C=C/c2cc3ccccc3n(Cc3ccccc3)c2=O)ccc1O. The van der Waals surface area contributed by atoms with Crippen LogP contribution in [0, 0.1) is 0 Å². The van der Waals surface area contributed by atoms with Gasteiger partial charge >= 0.3 is 0 Å². The molecule has 0 saturated heterocycles. The number of para-hydroxylation sites is 1. The van der Waals surface area contributed by atoms with Crippen LogP contribution < -0.4 is 10.3 Å². The Balaban J connectivity index is 1.57. The molecule has 6 heteroatoms. The summed E-state index contributed by atoms with van der Waals surface area (Å²) >= 11 is 0. The average molecular weight is 480 g/mol. The standard InChI is InChI=1S/C30H25NO5/c1-36-29-17-21(12-16-28(29)34)11-14-25(32)19-26(33)15-13-24-18-23-9-5-6-10-27(23)31(30(24)35)20-22-7-3-2-4-8-22/h2-19,32,34H,20H2,1H3/b14-11+,15-13+,25-19-. The van der Waals surface area contributed by atoms with Gasteiger partial charge in [0.1, 0.15) is 5.76 Å². The van der Waals surface area contributed by atoms with Crippen LogP contribution in [-0.2, 0) is 11.3 Å². The van der Waals surface area contributed by atoms with Gasteiger partial charge in [-0.3, -0.25) is 9.59 Å². The number of phenols is 1. The van der Waals surface area contributed by atoms with Gasteiger partial charge in [-0.25, -0.2) is 0 Å². The number of aromatic nitrogens is 1. The summed E-state index contributed by atoms with van der Waals surface area (Å²) < 4.78 is 6.75. The van der Waals surface area contributed by atoms with E-state index in [1.165, 1.54) is 31.4 Å². The maximum atomic E-state index is 13.3. The van der Waals surface area contributed by atoms with E-state index < -0.39 is 5.78 Å². The molecule has 36 heavy (non-hydrogen) atoms. The normalized spacial score (nSPS) is 12.0. The Bertz CT molecular complexity index is 1550. The molecule has 0 aliphatic rings. The van der Waals surface area contributed by atoms with E-state index in [-0.39, 0.29) is 17.1 Å². The minimum atomic E-state index is -0.470. The number of allylic oxidation sites excluding steroid dienone is 3. The first-order valence-electron chi connectivity index (χ1n) is 11.3. The number of nitrogens with zero attached hydrogens (tertiary/aromatic N) is 1. The highest BCUT2D eigenvalue weighted by molar-refractivity contribution is 6.02. The number of aliphatic hydroxyl groups excluding tert-OH is 1. The largest absolute Gasteiger partial charge is 0.508 e. The van der Waals surface area contributed by atoms with Crippen molar-refractivity contribution in [2.75, 3.05) is 7.11 Å². The van der Waals surface area contributed by atoms with Crippen LogP contribution in [0.1, 0.15) is 16.7 Å². The van der Waals surface area contributed by atoms with Gasteiger partial charge in [-0.15, -0.1) is 0 Å². The first-order valence-corrected chi connectivity index (χ1v) is 11.3. The number of carbonyl (C=O) groups excluding carboxylic acids is 1. The smallest absolute Gasteiger partial charge is 0.258 e. The van der Waals surface area contributed by atoms with Gasteiger partial charge in [0.15, 0.2) is 17.3 Å². The van der Waals surface area contributed by atoms with Crippen LogP contribution in [0.5, 0.6) is 11.5 Å². The van der Waals surface area contributed by atoms with E-state index in [1.807, 2.05) is 54.6 Å². The summed E-state index contributed by atoms with van der Waals surface area (Å²) in [6.07, 6.45) is 6.73. The molecule has 0 radical (unpaired) electrons. The van der Waals surface area contributed by atoms with E-state index >= 15 is 0 Å². The molecule has 0 atom stereocenters. The molecule has 4 aromatic rings. The van der Waals surface area contributed by atoms with Crippen LogP contribution in [0.2, 0.25) is 0 Å². The monoisotopic (exact) mass is 479 g/mol. The zero-order chi connectivity index (χ0) is 25.5. The van der Waals surface area contributed by atoms with Gasteiger partial charge in [-0.2, -0.15) is 0 Å². The van der Waals surface area contributed by atoms with Crippen molar-refractivity contribution in [3.05, 3.63) is 130 Å². The van der Waals surface area contributed by atoms with Crippen molar-refractivity contribution < 1.29 is 19.7 Å². The topological polar surface area (TPSA) is 88.8 Å². The van der Waals surface area contributed by atoms with E-state index in [2.05, 4.69) is 0 Å². The summed E-state index contributed by atoms with van der Waals surface area (Å²) in [6.45, 7) is 0.406. The summed E-state index contributed by atoms with van der Waals surface area (Å²) in [5.41, 5.74) is 2.63. The van der Waals surface area contributed by atoms with Gasteiger partial charge in [0.25, 0.3) is 5.56 Å². The molecule has 0 amide bonds. The van der Waals surface area contributed by atoms with Gasteiger partial charge in [-0.05, 0) is 59.0 Å². The lowest BCUT2D eigenvalue weighted by atomic mass is 10.1. The molecule has 0 spiro atoms. The van der Waals surface area contributed by atoms with Crippen molar-refractivity contribution in [1.29, 1.82) is 0 Å². The van der Waals surface area contributed by atoms with Crippen LogP contribution in [0.15, 0.2) is 108 Å². The van der Waals surface area contributed by atoms with E-state index in [1.54, 1.807) is 28.8 Å². The number of ketones is 1. The highest BCUT2D eigenvalue weighted by Gasteiger charge is 2.09. The highest BCUT2D eigenvalue weighted by Crippen LogP contribution is 2.26. The Morgan fingerprint density at radius 1 is 0.944 bits per heavy atom. The molecular weight excluding hydrogens is 454 g/mol. The molecule has 6 nitrogen and oxygen atoms in total. The number of aliphatic hydroxyl groups is 1. The summed E-state index contributed by atoms with van der Waals surface area (Å²) in [5, 5.41) is 20.7. The number of aromatic hydroxyl groups is 1. The van der Waals surface area contributed by atoms with Crippen molar-refractivity contribution in [3.8, 4) is 11.5 Å². The van der Waals surface area contributed by atoms with Crippen molar-refractivity contribution in [1.82, 2.24) is 4.57 Å². The van der Waals surface area contributed by atoms with Crippen LogP contribution in [0.4, 0.5) is 0 Å². The molecular formula is C30H25NO5. The van der Waals surface area contributed by atoms with E-state index in [9.17, 15) is 19.8 Å². The Kier molecular flexibility index (Phi) is 7.46. The summed E-state index contributed by atoms with van der Waals surface area (Å²) in [4.78, 5) is 25.7. The van der Waals surface area contributed by atoms with Crippen molar-refractivity contribution in [2.24, 2.45) is 0 Å². The second kappa shape index (κ2) is 11.1. The number of methoxy groups -OCH3 is 1. The third kappa shape index (κ3) is 5.80. The molecule has 0 bridgehead atoms. The quantitative estimate of drug-likeness (QED) is 0.198. The van der Waals surface area contributed by atoms with Gasteiger partial charge < -0.3 is 19.5 Å². The molecule has 180 valence electrons. The minimum absolute atomic E-state index is 0.00579. The number of hydrogen-bond donors (Lipinski definition) is 2. The molecule has 3 aromatic carbocycles. The maximum absolute atomic E-state index is 13.3. The molecule has 2 N–H and O–H groups in total. The number of benzene rings is 3. The third-order valence-corrected chi connectivity index (χ3v) is 5.58. The average Bonchev–Trinajstić information content (AvgIpc) is 2.89.